The fourth-order valence-corrected chi connectivity index (χ4v) is 5.90. The molecule has 3 heterocycles. The molecule has 0 aliphatic carbocycles. The fourth-order valence-electron chi connectivity index (χ4n) is 4.09. The number of hydrogen-bond donors (Lipinski definition) is 1. The van der Waals surface area contributed by atoms with E-state index in [1.807, 2.05) is 0 Å². The second-order valence-corrected chi connectivity index (χ2v) is 10.6. The third kappa shape index (κ3) is 5.77. The van der Waals surface area contributed by atoms with Crippen LogP contribution in [0.25, 0.3) is 5.69 Å². The summed E-state index contributed by atoms with van der Waals surface area (Å²) in [5.74, 6) is -3.38. The summed E-state index contributed by atoms with van der Waals surface area (Å²) in [6.45, 7) is 0.360. The van der Waals surface area contributed by atoms with Gasteiger partial charge < -0.3 is 5.32 Å². The minimum atomic E-state index is -5.05. The van der Waals surface area contributed by atoms with Gasteiger partial charge in [0.1, 0.15) is 23.7 Å². The van der Waals surface area contributed by atoms with Gasteiger partial charge in [-0.05, 0) is 31.2 Å². The van der Waals surface area contributed by atoms with E-state index in [0.29, 0.717) is 21.4 Å². The predicted molar refractivity (Wildman–Crippen MR) is 119 cm³/mol. The highest BCUT2D eigenvalue weighted by Crippen LogP contribution is 2.34. The number of nitrogens with one attached hydrogen (secondary N) is 1. The largest absolute Gasteiger partial charge is 0.451 e. The molecule has 9 nitrogen and oxygen atoms in total. The highest BCUT2D eigenvalue weighted by atomic mass is 32.2. The summed E-state index contributed by atoms with van der Waals surface area (Å²) in [5, 5.41) is 5.47. The second-order valence-electron chi connectivity index (χ2n) is 8.72. The molecule has 3 unspecified atom stereocenters. The zero-order valence-corrected chi connectivity index (χ0v) is 20.9. The van der Waals surface area contributed by atoms with Gasteiger partial charge >= 0.3 is 12.4 Å². The first-order valence-electron chi connectivity index (χ1n) is 11.3. The van der Waals surface area contributed by atoms with Crippen LogP contribution in [-0.4, -0.2) is 56.6 Å². The first-order valence-corrected chi connectivity index (χ1v) is 12.7. The zero-order valence-electron chi connectivity index (χ0n) is 20.1. The molecule has 1 N–H and O–H groups in total. The lowest BCUT2D eigenvalue weighted by atomic mass is 10.1. The quantitative estimate of drug-likeness (QED) is 0.434. The number of benzene rings is 1. The van der Waals surface area contributed by atoms with Crippen LogP contribution in [0.1, 0.15) is 30.4 Å². The lowest BCUT2D eigenvalue weighted by Gasteiger charge is -2.26. The molecule has 1 saturated heterocycles. The van der Waals surface area contributed by atoms with Crippen molar-refractivity contribution < 1.29 is 48.3 Å². The van der Waals surface area contributed by atoms with Crippen LogP contribution in [0.15, 0.2) is 47.8 Å². The van der Waals surface area contributed by atoms with E-state index in [0.717, 1.165) is 30.5 Å². The van der Waals surface area contributed by atoms with E-state index in [1.54, 1.807) is 0 Å². The van der Waals surface area contributed by atoms with E-state index < -0.39 is 87.3 Å². The number of sulfonamides is 1. The highest BCUT2D eigenvalue weighted by molar-refractivity contribution is 7.89. The number of rotatable bonds is 6. The van der Waals surface area contributed by atoms with E-state index in [9.17, 15) is 48.3 Å². The molecular weight excluding hydrogens is 580 g/mol. The van der Waals surface area contributed by atoms with Crippen LogP contribution in [0.5, 0.6) is 0 Å². The van der Waals surface area contributed by atoms with Crippen molar-refractivity contribution in [3.8, 4) is 5.69 Å². The van der Waals surface area contributed by atoms with E-state index in [1.165, 1.54) is 6.92 Å². The Hall–Kier alpha value is -3.67. The fraction of sp³-hybridized carbons (Fsp3) is 0.364. The first-order chi connectivity index (χ1) is 18.5. The molecule has 4 rings (SSSR count). The van der Waals surface area contributed by atoms with Crippen molar-refractivity contribution in [3.63, 3.8) is 0 Å². The van der Waals surface area contributed by atoms with Crippen LogP contribution < -0.4 is 5.32 Å². The van der Waals surface area contributed by atoms with Gasteiger partial charge in [-0.1, -0.05) is 0 Å². The summed E-state index contributed by atoms with van der Waals surface area (Å²) < 4.78 is 134. The maximum Gasteiger partial charge on any atom is 0.451 e. The Morgan fingerprint density at radius 1 is 1.05 bits per heavy atom. The average Bonchev–Trinajstić information content (AvgIpc) is 3.44. The van der Waals surface area contributed by atoms with Crippen molar-refractivity contribution in [1.82, 2.24) is 29.4 Å². The summed E-state index contributed by atoms with van der Waals surface area (Å²) in [4.78, 5) is 18.6. The molecule has 3 atom stereocenters. The van der Waals surface area contributed by atoms with Gasteiger partial charge in [0.15, 0.2) is 5.69 Å². The topological polar surface area (TPSA) is 110 Å². The minimum Gasteiger partial charge on any atom is -0.350 e. The van der Waals surface area contributed by atoms with Crippen LogP contribution in [0.3, 0.4) is 0 Å². The van der Waals surface area contributed by atoms with Gasteiger partial charge in [-0.2, -0.15) is 35.7 Å². The molecule has 0 radical (unpaired) electrons. The van der Waals surface area contributed by atoms with Crippen LogP contribution in [0.2, 0.25) is 0 Å². The normalized spacial score (nSPS) is 20.6. The maximum atomic E-state index is 14.6. The molecule has 0 spiro atoms. The Labute approximate surface area is 220 Å². The van der Waals surface area contributed by atoms with Gasteiger partial charge in [-0.25, -0.2) is 31.8 Å². The lowest BCUT2D eigenvalue weighted by molar-refractivity contribution is -0.145. The van der Waals surface area contributed by atoms with Gasteiger partial charge in [-0.15, -0.1) is 0 Å². The average molecular weight is 598 g/mol. The van der Waals surface area contributed by atoms with Crippen LogP contribution in [-0.2, 0) is 33.7 Å². The third-order valence-corrected chi connectivity index (χ3v) is 8.05. The molecule has 216 valence electrons. The number of hydrogen-bond acceptors (Lipinski definition) is 6. The molecule has 40 heavy (non-hydrogen) atoms. The third-order valence-electron chi connectivity index (χ3n) is 6.04. The van der Waals surface area contributed by atoms with Crippen LogP contribution in [0, 0.1) is 5.82 Å². The number of halogens is 8. The van der Waals surface area contributed by atoms with Crippen molar-refractivity contribution in [2.24, 2.45) is 0 Å². The second kappa shape index (κ2) is 10.4. The Bertz CT molecular complexity index is 1490. The van der Waals surface area contributed by atoms with Crippen molar-refractivity contribution >= 4 is 15.9 Å². The monoisotopic (exact) mass is 598 g/mol. The number of amides is 1. The van der Waals surface area contributed by atoms with E-state index in [-0.39, 0.29) is 5.69 Å². The summed E-state index contributed by atoms with van der Waals surface area (Å²) in [6, 6.07) is 0.591. The minimum absolute atomic E-state index is 0.350. The molecule has 3 aromatic rings. The van der Waals surface area contributed by atoms with Crippen molar-refractivity contribution in [3.05, 3.63) is 65.8 Å². The number of carbonyl (C=O) groups excluding carboxylic acids is 1. The summed E-state index contributed by atoms with van der Waals surface area (Å²) >= 11 is 0. The number of alkyl halides is 7. The zero-order chi connectivity index (χ0) is 29.6. The molecule has 1 aromatic carbocycles. The Morgan fingerprint density at radius 3 is 2.20 bits per heavy atom. The van der Waals surface area contributed by atoms with Gasteiger partial charge in [0.25, 0.3) is 0 Å². The van der Waals surface area contributed by atoms with E-state index in [4.69, 9.17) is 0 Å². The predicted octanol–water partition coefficient (Wildman–Crippen LogP) is 3.65. The summed E-state index contributed by atoms with van der Waals surface area (Å²) in [6.07, 6.45) is -10.3. The highest BCUT2D eigenvalue weighted by Gasteiger charge is 2.49. The van der Waals surface area contributed by atoms with Gasteiger partial charge in [0.05, 0.1) is 23.3 Å². The Balaban J connectivity index is 1.58. The Morgan fingerprint density at radius 2 is 1.65 bits per heavy atom. The molecule has 1 aliphatic heterocycles. The molecule has 0 saturated carbocycles. The molecule has 1 fully saturated rings. The summed E-state index contributed by atoms with van der Waals surface area (Å²) in [5.41, 5.74) is -2.47. The molecule has 2 aromatic heterocycles. The maximum absolute atomic E-state index is 14.6. The van der Waals surface area contributed by atoms with Crippen LogP contribution >= 0.6 is 0 Å². The number of carbonyl (C=O) groups is 1. The lowest BCUT2D eigenvalue weighted by Crippen LogP contribution is -2.48. The summed E-state index contributed by atoms with van der Waals surface area (Å²) in [7, 11) is -4.52. The first kappa shape index (κ1) is 29.3. The number of nitrogens with zero attached hydrogens (tertiary/aromatic N) is 5. The van der Waals surface area contributed by atoms with Crippen molar-refractivity contribution in [2.45, 2.75) is 55.4 Å². The molecule has 1 amide bonds. The van der Waals surface area contributed by atoms with Gasteiger partial charge in [0, 0.05) is 24.7 Å². The number of aromatic nitrogens is 4. The van der Waals surface area contributed by atoms with Gasteiger partial charge in [-0.3, -0.25) is 4.79 Å². The molecule has 18 heteroatoms. The van der Waals surface area contributed by atoms with Crippen molar-refractivity contribution in [2.75, 3.05) is 0 Å². The van der Waals surface area contributed by atoms with Crippen molar-refractivity contribution in [1.29, 1.82) is 0 Å². The smallest absolute Gasteiger partial charge is 0.350 e. The molecular formula is C22H18F8N6O3S. The molecule has 1 aliphatic rings. The van der Waals surface area contributed by atoms with Crippen LogP contribution in [0.4, 0.5) is 35.1 Å². The van der Waals surface area contributed by atoms with E-state index >= 15 is 0 Å². The van der Waals surface area contributed by atoms with E-state index in [2.05, 4.69) is 20.4 Å². The molecule has 0 bridgehead atoms. The SMILES string of the molecule is CC1C(F)CC(C(=O)NCc2cn(-c3cnc(C(F)(F)F)nc3)nc2C(F)(F)F)N1S(=O)(=O)c1ccc(F)cc1. The standard InChI is InChI=1S/C22H18F8N6O3S/c1-11-16(24)6-17(36(11)40(38,39)15-4-2-13(23)3-5-15)19(37)31-7-12-10-35(34-18(12)21(25,26)27)14-8-32-20(33-9-14)22(28,29)30/h2-5,8-11,16-17H,6-7H2,1H3,(H,31,37). The van der Waals surface area contributed by atoms with Gasteiger partial charge in [0.2, 0.25) is 21.8 Å². The Kier molecular flexibility index (Phi) is 7.61.